The van der Waals surface area contributed by atoms with Gasteiger partial charge in [0.1, 0.15) is 0 Å². The minimum atomic E-state index is -0.0732. The second kappa shape index (κ2) is 6.08. The number of hydrogen-bond donors (Lipinski definition) is 1. The molecule has 1 spiro atoms. The lowest BCUT2D eigenvalue weighted by molar-refractivity contribution is -0.131. The molecule has 3 aliphatic heterocycles. The summed E-state index contributed by atoms with van der Waals surface area (Å²) in [5.41, 5.74) is 3.28. The fourth-order valence-electron chi connectivity index (χ4n) is 5.87. The van der Waals surface area contributed by atoms with Crippen molar-refractivity contribution in [2.45, 2.75) is 37.9 Å². The minimum Gasteiger partial charge on any atom is -0.369 e. The molecule has 27 heavy (non-hydrogen) atoms. The van der Waals surface area contributed by atoms with Crippen LogP contribution >= 0.6 is 0 Å². The fourth-order valence-corrected chi connectivity index (χ4v) is 5.87. The van der Waals surface area contributed by atoms with Crippen molar-refractivity contribution in [3.05, 3.63) is 35.5 Å². The first-order chi connectivity index (χ1) is 13.0. The maximum Gasteiger partial charge on any atom is 0.227 e. The Bertz CT molecular complexity index is 889. The number of benzene rings is 1. The maximum absolute atomic E-state index is 13.2. The molecule has 0 radical (unpaired) electrons. The van der Waals surface area contributed by atoms with Crippen LogP contribution in [0.15, 0.2) is 24.3 Å². The number of H-pyrrole nitrogens is 1. The first-order valence-electron chi connectivity index (χ1n) is 10.1. The number of nitrogens with zero attached hydrogens (tertiary/aromatic N) is 2. The summed E-state index contributed by atoms with van der Waals surface area (Å²) in [7, 11) is 4.27. The van der Waals surface area contributed by atoms with Crippen LogP contribution in [-0.4, -0.2) is 66.1 Å². The molecule has 3 saturated heterocycles. The highest BCUT2D eigenvalue weighted by Crippen LogP contribution is 2.55. The summed E-state index contributed by atoms with van der Waals surface area (Å²) in [6.07, 6.45) is 3.13. The van der Waals surface area contributed by atoms with Gasteiger partial charge >= 0.3 is 0 Å². The summed E-state index contributed by atoms with van der Waals surface area (Å²) in [6.45, 7) is 4.76. The quantitative estimate of drug-likeness (QED) is 0.904. The zero-order chi connectivity index (χ0) is 18.8. The predicted molar refractivity (Wildman–Crippen MR) is 106 cm³/mol. The average Bonchev–Trinajstić information content (AvgIpc) is 3.35. The van der Waals surface area contributed by atoms with Crippen LogP contribution in [0, 0.1) is 18.8 Å². The molecular weight excluding hydrogens is 338 g/mol. The van der Waals surface area contributed by atoms with Gasteiger partial charge in [0.05, 0.1) is 24.7 Å². The van der Waals surface area contributed by atoms with Crippen LogP contribution in [-0.2, 0) is 16.0 Å². The van der Waals surface area contributed by atoms with Gasteiger partial charge in [-0.3, -0.25) is 4.79 Å². The van der Waals surface area contributed by atoms with Gasteiger partial charge in [-0.25, -0.2) is 0 Å². The van der Waals surface area contributed by atoms with Crippen molar-refractivity contribution in [1.82, 2.24) is 14.8 Å². The Kier molecular flexibility index (Phi) is 3.89. The van der Waals surface area contributed by atoms with Crippen LogP contribution < -0.4 is 0 Å². The molecule has 1 aromatic heterocycles. The summed E-state index contributed by atoms with van der Waals surface area (Å²) >= 11 is 0. The van der Waals surface area contributed by atoms with E-state index in [1.807, 2.05) is 12.1 Å². The molecular formula is C22H29N3O2. The van der Waals surface area contributed by atoms with Crippen molar-refractivity contribution in [3.63, 3.8) is 0 Å². The van der Waals surface area contributed by atoms with Crippen molar-refractivity contribution in [2.24, 2.45) is 11.8 Å². The molecule has 2 bridgehead atoms. The van der Waals surface area contributed by atoms with Gasteiger partial charge in [0.2, 0.25) is 5.91 Å². The number of ether oxygens (including phenoxy) is 1. The Balaban J connectivity index is 1.36. The van der Waals surface area contributed by atoms with E-state index in [0.717, 1.165) is 49.2 Å². The maximum atomic E-state index is 13.2. The van der Waals surface area contributed by atoms with Crippen molar-refractivity contribution >= 4 is 16.8 Å². The molecule has 1 aromatic carbocycles. The van der Waals surface area contributed by atoms with Gasteiger partial charge in [-0.15, -0.1) is 0 Å². The summed E-state index contributed by atoms with van der Waals surface area (Å²) in [5.74, 6) is 1.29. The lowest BCUT2D eigenvalue weighted by atomic mass is 9.73. The number of rotatable bonds is 4. The SMILES string of the molecule is Cc1[nH]c2ccccc2c1CC(=O)N1C[C@@H]2[C@H](CN(C)C)[C@H]3CC[C@]2(C1)O3. The van der Waals surface area contributed by atoms with Gasteiger partial charge < -0.3 is 19.5 Å². The number of carbonyl (C=O) groups is 1. The monoisotopic (exact) mass is 367 g/mol. The van der Waals surface area contributed by atoms with E-state index in [9.17, 15) is 4.79 Å². The molecule has 4 heterocycles. The Morgan fingerprint density at radius 2 is 2.19 bits per heavy atom. The summed E-state index contributed by atoms with van der Waals surface area (Å²) in [4.78, 5) is 20.9. The normalized spacial score (nSPS) is 32.0. The van der Waals surface area contributed by atoms with Crippen LogP contribution in [0.3, 0.4) is 0 Å². The fraction of sp³-hybridized carbons (Fsp3) is 0.591. The molecule has 5 rings (SSSR count). The topological polar surface area (TPSA) is 48.6 Å². The van der Waals surface area contributed by atoms with E-state index in [1.54, 1.807) is 0 Å². The second-order valence-corrected chi connectivity index (χ2v) is 9.02. The number of aryl methyl sites for hydroxylation is 1. The molecule has 3 aliphatic rings. The van der Waals surface area contributed by atoms with Gasteiger partial charge in [0, 0.05) is 41.5 Å². The van der Waals surface area contributed by atoms with E-state index < -0.39 is 0 Å². The van der Waals surface area contributed by atoms with E-state index in [1.165, 1.54) is 5.39 Å². The minimum absolute atomic E-state index is 0.0732. The van der Waals surface area contributed by atoms with Crippen LogP contribution in [0.2, 0.25) is 0 Å². The van der Waals surface area contributed by atoms with Gasteiger partial charge in [-0.2, -0.15) is 0 Å². The third kappa shape index (κ3) is 2.63. The Hall–Kier alpha value is -1.85. The summed E-state index contributed by atoms with van der Waals surface area (Å²) < 4.78 is 6.48. The molecule has 5 heteroatoms. The standard InChI is InChI=1S/C22H29N3O2/c1-14-16(15-6-4-5-7-19(15)23-14)10-21(26)25-12-18-17(11-24(2)3)20-8-9-22(18,13-25)27-20/h4-7,17-18,20,23H,8-13H2,1-3H3/t17-,18+,20+,22+/m0/s1. The molecule has 5 nitrogen and oxygen atoms in total. The Morgan fingerprint density at radius 1 is 1.37 bits per heavy atom. The number of likely N-dealkylation sites (tertiary alicyclic amines) is 1. The lowest BCUT2D eigenvalue weighted by Gasteiger charge is -2.30. The number of nitrogens with one attached hydrogen (secondary N) is 1. The molecule has 4 atom stereocenters. The molecule has 0 aliphatic carbocycles. The highest BCUT2D eigenvalue weighted by atomic mass is 16.5. The van der Waals surface area contributed by atoms with E-state index in [2.05, 4.69) is 47.9 Å². The van der Waals surface area contributed by atoms with Crippen LogP contribution in [0.25, 0.3) is 10.9 Å². The highest BCUT2D eigenvalue weighted by molar-refractivity contribution is 5.90. The number of carbonyl (C=O) groups excluding carboxylic acids is 1. The van der Waals surface area contributed by atoms with E-state index in [-0.39, 0.29) is 11.5 Å². The summed E-state index contributed by atoms with van der Waals surface area (Å²) in [6, 6.07) is 8.26. The van der Waals surface area contributed by atoms with Crippen molar-refractivity contribution in [1.29, 1.82) is 0 Å². The van der Waals surface area contributed by atoms with Crippen molar-refractivity contribution < 1.29 is 9.53 Å². The third-order valence-electron chi connectivity index (χ3n) is 7.07. The summed E-state index contributed by atoms with van der Waals surface area (Å²) in [5, 5.41) is 1.17. The smallest absolute Gasteiger partial charge is 0.227 e. The van der Waals surface area contributed by atoms with Crippen molar-refractivity contribution in [3.8, 4) is 0 Å². The zero-order valence-corrected chi connectivity index (χ0v) is 16.5. The number of amides is 1. The van der Waals surface area contributed by atoms with Gasteiger partial charge in [-0.05, 0) is 45.5 Å². The first-order valence-corrected chi connectivity index (χ1v) is 10.1. The number of hydrogen-bond acceptors (Lipinski definition) is 3. The average molecular weight is 367 g/mol. The number of para-hydroxylation sites is 1. The molecule has 0 saturated carbocycles. The molecule has 144 valence electrons. The number of aromatic amines is 1. The first kappa shape index (κ1) is 17.3. The second-order valence-electron chi connectivity index (χ2n) is 9.02. The van der Waals surface area contributed by atoms with Crippen LogP contribution in [0.4, 0.5) is 0 Å². The van der Waals surface area contributed by atoms with E-state index in [4.69, 9.17) is 4.74 Å². The largest absolute Gasteiger partial charge is 0.369 e. The van der Waals surface area contributed by atoms with E-state index >= 15 is 0 Å². The lowest BCUT2D eigenvalue weighted by Crippen LogP contribution is -2.40. The van der Waals surface area contributed by atoms with Crippen LogP contribution in [0.1, 0.15) is 24.1 Å². The highest BCUT2D eigenvalue weighted by Gasteiger charge is 2.63. The number of fused-ring (bicyclic) bond motifs is 2. The van der Waals surface area contributed by atoms with Crippen LogP contribution in [0.5, 0.6) is 0 Å². The van der Waals surface area contributed by atoms with E-state index in [0.29, 0.717) is 24.4 Å². The van der Waals surface area contributed by atoms with Gasteiger partial charge in [0.15, 0.2) is 0 Å². The Morgan fingerprint density at radius 3 is 3.00 bits per heavy atom. The molecule has 0 unspecified atom stereocenters. The predicted octanol–water partition coefficient (Wildman–Crippen LogP) is 2.59. The van der Waals surface area contributed by atoms with Gasteiger partial charge in [-0.1, -0.05) is 18.2 Å². The third-order valence-corrected chi connectivity index (χ3v) is 7.07. The molecule has 2 aromatic rings. The zero-order valence-electron chi connectivity index (χ0n) is 16.5. The molecule has 1 N–H and O–H groups in total. The molecule has 1 amide bonds. The van der Waals surface area contributed by atoms with Crippen molar-refractivity contribution in [2.75, 3.05) is 33.7 Å². The number of aromatic nitrogens is 1. The Labute approximate surface area is 160 Å². The molecule has 3 fully saturated rings. The van der Waals surface area contributed by atoms with Gasteiger partial charge in [0.25, 0.3) is 0 Å².